The smallest absolute Gasteiger partial charge is 0.321 e. The molecule has 7 nitrogen and oxygen atoms in total. The van der Waals surface area contributed by atoms with Crippen LogP contribution in [0.3, 0.4) is 0 Å². The van der Waals surface area contributed by atoms with Gasteiger partial charge in [0, 0.05) is 38.2 Å². The molecule has 2 N–H and O–H groups in total. The number of likely N-dealkylation sites (tertiary alicyclic amines) is 1. The number of aliphatic hydroxyl groups excluding tert-OH is 1. The zero-order chi connectivity index (χ0) is 18.1. The number of amides is 2. The summed E-state index contributed by atoms with van der Waals surface area (Å²) in [6, 6.07) is 5.82. The number of imidazole rings is 1. The lowest BCUT2D eigenvalue weighted by Gasteiger charge is -2.34. The monoisotopic (exact) mass is 356 g/mol. The Balaban J connectivity index is 1.33. The maximum absolute atomic E-state index is 12.5. The van der Waals surface area contributed by atoms with Crippen molar-refractivity contribution >= 4 is 11.7 Å². The maximum atomic E-state index is 12.5. The van der Waals surface area contributed by atoms with E-state index in [1.54, 1.807) is 6.20 Å². The summed E-state index contributed by atoms with van der Waals surface area (Å²) in [5.74, 6) is 0.811. The lowest BCUT2D eigenvalue weighted by molar-refractivity contribution is 0.0600. The van der Waals surface area contributed by atoms with E-state index in [9.17, 15) is 9.90 Å². The number of benzene rings is 1. The Labute approximate surface area is 152 Å². The highest BCUT2D eigenvalue weighted by atomic mass is 16.5. The third-order valence-electron chi connectivity index (χ3n) is 5.37. The summed E-state index contributed by atoms with van der Waals surface area (Å²) in [4.78, 5) is 18.6. The SMILES string of the molecule is Cn1ccnc1C(O)C1CCN(C(=O)Nc2ccc3c(c2)COC3)CC1. The number of ether oxygens (including phenoxy) is 1. The topological polar surface area (TPSA) is 79.6 Å². The molecule has 2 aliphatic rings. The van der Waals surface area contributed by atoms with Gasteiger partial charge in [0.2, 0.25) is 0 Å². The van der Waals surface area contributed by atoms with Gasteiger partial charge in [-0.2, -0.15) is 0 Å². The number of aromatic nitrogens is 2. The molecule has 0 radical (unpaired) electrons. The molecule has 1 aromatic heterocycles. The lowest BCUT2D eigenvalue weighted by atomic mass is 9.91. The fraction of sp³-hybridized carbons (Fsp3) is 0.474. The second kappa shape index (κ2) is 7.09. The predicted molar refractivity (Wildman–Crippen MR) is 96.4 cm³/mol. The van der Waals surface area contributed by atoms with E-state index in [-0.39, 0.29) is 11.9 Å². The molecule has 1 saturated heterocycles. The molecule has 1 fully saturated rings. The van der Waals surface area contributed by atoms with Crippen LogP contribution in [0, 0.1) is 5.92 Å². The van der Waals surface area contributed by atoms with Gasteiger partial charge in [-0.25, -0.2) is 9.78 Å². The molecule has 0 saturated carbocycles. The van der Waals surface area contributed by atoms with E-state index >= 15 is 0 Å². The number of aliphatic hydroxyl groups is 1. The summed E-state index contributed by atoms with van der Waals surface area (Å²) in [7, 11) is 1.88. The number of urea groups is 1. The van der Waals surface area contributed by atoms with Crippen LogP contribution in [0.25, 0.3) is 0 Å². The largest absolute Gasteiger partial charge is 0.385 e. The molecule has 4 rings (SSSR count). The summed E-state index contributed by atoms with van der Waals surface area (Å²) in [5, 5.41) is 13.5. The normalized spacial score (nSPS) is 18.6. The highest BCUT2D eigenvalue weighted by Gasteiger charge is 2.30. The molecule has 1 aromatic carbocycles. The molecule has 2 aromatic rings. The number of piperidine rings is 1. The summed E-state index contributed by atoms with van der Waals surface area (Å²) < 4.78 is 7.26. The van der Waals surface area contributed by atoms with Crippen LogP contribution in [0.1, 0.15) is 35.9 Å². The molecular formula is C19H24N4O3. The average Bonchev–Trinajstić information content (AvgIpc) is 3.29. The standard InChI is InChI=1S/C19H24N4O3/c1-22-9-6-20-18(22)17(24)13-4-7-23(8-5-13)19(25)21-16-3-2-14-11-26-12-15(14)10-16/h2-3,6,9-10,13,17,24H,4-5,7-8,11-12H2,1H3,(H,21,25). The summed E-state index contributed by atoms with van der Waals surface area (Å²) in [6.45, 7) is 2.52. The predicted octanol–water partition coefficient (Wildman–Crippen LogP) is 2.43. The van der Waals surface area contributed by atoms with Gasteiger partial charge in [0.1, 0.15) is 11.9 Å². The minimum absolute atomic E-state index is 0.0891. The van der Waals surface area contributed by atoms with Gasteiger partial charge in [-0.1, -0.05) is 6.07 Å². The molecule has 1 unspecified atom stereocenters. The number of nitrogens with one attached hydrogen (secondary N) is 1. The van der Waals surface area contributed by atoms with Crippen molar-refractivity contribution < 1.29 is 14.6 Å². The number of carbonyl (C=O) groups excluding carboxylic acids is 1. The quantitative estimate of drug-likeness (QED) is 0.885. The molecule has 7 heteroatoms. The second-order valence-corrected chi connectivity index (χ2v) is 7.07. The molecule has 1 atom stereocenters. The van der Waals surface area contributed by atoms with E-state index in [1.165, 1.54) is 5.56 Å². The first kappa shape index (κ1) is 17.1. The molecule has 0 aliphatic carbocycles. The molecule has 0 spiro atoms. The highest BCUT2D eigenvalue weighted by Crippen LogP contribution is 2.30. The van der Waals surface area contributed by atoms with E-state index in [0.717, 1.165) is 24.1 Å². The minimum Gasteiger partial charge on any atom is -0.385 e. The highest BCUT2D eigenvalue weighted by molar-refractivity contribution is 5.89. The number of anilines is 1. The zero-order valence-corrected chi connectivity index (χ0v) is 14.9. The number of hydrogen-bond acceptors (Lipinski definition) is 4. The van der Waals surface area contributed by atoms with Gasteiger partial charge in [0.15, 0.2) is 0 Å². The van der Waals surface area contributed by atoms with Gasteiger partial charge in [-0.3, -0.25) is 0 Å². The third kappa shape index (κ3) is 3.32. The van der Waals surface area contributed by atoms with Crippen LogP contribution in [-0.4, -0.2) is 38.7 Å². The summed E-state index contributed by atoms with van der Waals surface area (Å²) >= 11 is 0. The third-order valence-corrected chi connectivity index (χ3v) is 5.37. The van der Waals surface area contributed by atoms with Crippen molar-refractivity contribution in [1.29, 1.82) is 0 Å². The minimum atomic E-state index is -0.586. The van der Waals surface area contributed by atoms with Gasteiger partial charge in [-0.05, 0) is 42.0 Å². The molecule has 26 heavy (non-hydrogen) atoms. The summed E-state index contributed by atoms with van der Waals surface area (Å²) in [5.41, 5.74) is 3.13. The first-order valence-corrected chi connectivity index (χ1v) is 9.02. The molecule has 2 amide bonds. The van der Waals surface area contributed by atoms with Gasteiger partial charge < -0.3 is 24.6 Å². The van der Waals surface area contributed by atoms with Crippen molar-refractivity contribution in [2.45, 2.75) is 32.2 Å². The van der Waals surface area contributed by atoms with Crippen molar-refractivity contribution in [2.24, 2.45) is 13.0 Å². The Kier molecular flexibility index (Phi) is 4.65. The van der Waals surface area contributed by atoms with E-state index < -0.39 is 6.10 Å². The van der Waals surface area contributed by atoms with Crippen LogP contribution in [0.15, 0.2) is 30.6 Å². The number of nitrogens with zero attached hydrogens (tertiary/aromatic N) is 3. The van der Waals surface area contributed by atoms with Crippen LogP contribution in [0.4, 0.5) is 10.5 Å². The molecule has 2 aliphatic heterocycles. The number of rotatable bonds is 3. The molecule has 138 valence electrons. The lowest BCUT2D eigenvalue weighted by Crippen LogP contribution is -2.42. The van der Waals surface area contributed by atoms with Crippen molar-refractivity contribution in [1.82, 2.24) is 14.5 Å². The Hall–Kier alpha value is -2.38. The Bertz CT molecular complexity index is 796. The van der Waals surface area contributed by atoms with Crippen molar-refractivity contribution in [3.05, 3.63) is 47.5 Å². The summed E-state index contributed by atoms with van der Waals surface area (Å²) in [6.07, 6.45) is 4.47. The number of aryl methyl sites for hydroxylation is 1. The van der Waals surface area contributed by atoms with Crippen molar-refractivity contribution in [2.75, 3.05) is 18.4 Å². The van der Waals surface area contributed by atoms with E-state index in [1.807, 2.05) is 40.9 Å². The fourth-order valence-electron chi connectivity index (χ4n) is 3.74. The first-order valence-electron chi connectivity index (χ1n) is 9.02. The van der Waals surface area contributed by atoms with Crippen molar-refractivity contribution in [3.8, 4) is 0 Å². The molecule has 0 bridgehead atoms. The fourth-order valence-corrected chi connectivity index (χ4v) is 3.74. The first-order chi connectivity index (χ1) is 12.6. The van der Waals surface area contributed by atoms with Crippen LogP contribution < -0.4 is 5.32 Å². The molecule has 3 heterocycles. The van der Waals surface area contributed by atoms with Crippen LogP contribution in [0.2, 0.25) is 0 Å². The maximum Gasteiger partial charge on any atom is 0.321 e. The van der Waals surface area contributed by atoms with E-state index in [0.29, 0.717) is 32.1 Å². The van der Waals surface area contributed by atoms with Crippen LogP contribution in [-0.2, 0) is 25.0 Å². The van der Waals surface area contributed by atoms with Crippen LogP contribution in [0.5, 0.6) is 0 Å². The van der Waals surface area contributed by atoms with E-state index in [2.05, 4.69) is 10.3 Å². The number of fused-ring (bicyclic) bond motifs is 1. The van der Waals surface area contributed by atoms with Gasteiger partial charge in [0.05, 0.1) is 13.2 Å². The number of hydrogen-bond donors (Lipinski definition) is 2. The Morgan fingerprint density at radius 1 is 1.31 bits per heavy atom. The van der Waals surface area contributed by atoms with Gasteiger partial charge >= 0.3 is 6.03 Å². The van der Waals surface area contributed by atoms with E-state index in [4.69, 9.17) is 4.74 Å². The molecular weight excluding hydrogens is 332 g/mol. The van der Waals surface area contributed by atoms with Crippen LogP contribution >= 0.6 is 0 Å². The Morgan fingerprint density at radius 2 is 2.08 bits per heavy atom. The average molecular weight is 356 g/mol. The zero-order valence-electron chi connectivity index (χ0n) is 14.9. The second-order valence-electron chi connectivity index (χ2n) is 7.07. The Morgan fingerprint density at radius 3 is 2.81 bits per heavy atom. The van der Waals surface area contributed by atoms with Gasteiger partial charge in [0.25, 0.3) is 0 Å². The van der Waals surface area contributed by atoms with Gasteiger partial charge in [-0.15, -0.1) is 0 Å². The van der Waals surface area contributed by atoms with Crippen molar-refractivity contribution in [3.63, 3.8) is 0 Å². The number of carbonyl (C=O) groups is 1.